The van der Waals surface area contributed by atoms with Crippen LogP contribution in [-0.4, -0.2) is 29.5 Å². The molecule has 21 heavy (non-hydrogen) atoms. The molecule has 1 unspecified atom stereocenters. The summed E-state index contributed by atoms with van der Waals surface area (Å²) in [5.41, 5.74) is 1.52. The maximum Gasteiger partial charge on any atom is 0.496 e. The lowest BCUT2D eigenvalue weighted by molar-refractivity contribution is 0.00578. The molecule has 5 heteroatoms. The summed E-state index contributed by atoms with van der Waals surface area (Å²) in [4.78, 5) is 8.78. The first-order valence-corrected chi connectivity index (χ1v) is 7.38. The van der Waals surface area contributed by atoms with Gasteiger partial charge in [-0.05, 0) is 51.2 Å². The first-order valence-electron chi connectivity index (χ1n) is 7.38. The Morgan fingerprint density at radius 3 is 2.43 bits per heavy atom. The Morgan fingerprint density at radius 2 is 1.90 bits per heavy atom. The van der Waals surface area contributed by atoms with E-state index >= 15 is 0 Å². The number of nitrogens with zero attached hydrogens (tertiary/aromatic N) is 2. The van der Waals surface area contributed by atoms with Crippen molar-refractivity contribution >= 4 is 13.3 Å². The van der Waals surface area contributed by atoms with Gasteiger partial charge in [0.1, 0.15) is 0 Å². The van der Waals surface area contributed by atoms with Gasteiger partial charge in [-0.1, -0.05) is 12.1 Å². The van der Waals surface area contributed by atoms with E-state index < -0.39 is 0 Å². The summed E-state index contributed by atoms with van der Waals surface area (Å²) >= 11 is 0. The standard InChI is InChI=1S/C16H21BN2O2/c1-15(2)16(3,4)21-17(20-15)13-7-8-14(19-11-13)12-6-5-9-18-10-12/h5-7,9-11,14H,8H2,1-4H3. The SMILES string of the molecule is CC1(C)OB(C2=CCC(c3cccnc3)N=C2)OC1(C)C. The van der Waals surface area contributed by atoms with Crippen LogP contribution < -0.4 is 0 Å². The lowest BCUT2D eigenvalue weighted by Crippen LogP contribution is -2.41. The van der Waals surface area contributed by atoms with E-state index in [9.17, 15) is 0 Å². The minimum Gasteiger partial charge on any atom is -0.399 e. The second kappa shape index (κ2) is 5.07. The number of rotatable bonds is 2. The van der Waals surface area contributed by atoms with Crippen molar-refractivity contribution in [2.45, 2.75) is 51.4 Å². The molecule has 0 N–H and O–H groups in total. The number of pyridine rings is 1. The van der Waals surface area contributed by atoms with E-state index in [2.05, 4.69) is 49.8 Å². The molecule has 2 aliphatic rings. The fourth-order valence-corrected chi connectivity index (χ4v) is 2.47. The summed E-state index contributed by atoms with van der Waals surface area (Å²) < 4.78 is 12.1. The average Bonchev–Trinajstić information content (AvgIpc) is 2.69. The molecule has 1 aromatic rings. The van der Waals surface area contributed by atoms with Crippen molar-refractivity contribution in [3.05, 3.63) is 41.6 Å². The number of hydrogen-bond acceptors (Lipinski definition) is 4. The summed E-state index contributed by atoms with van der Waals surface area (Å²) in [6.45, 7) is 8.25. The second-order valence-corrected chi connectivity index (χ2v) is 6.61. The highest BCUT2D eigenvalue weighted by atomic mass is 16.7. The molecule has 1 fully saturated rings. The van der Waals surface area contributed by atoms with Crippen LogP contribution in [-0.2, 0) is 9.31 Å². The fourth-order valence-electron chi connectivity index (χ4n) is 2.47. The average molecular weight is 284 g/mol. The van der Waals surface area contributed by atoms with Gasteiger partial charge in [-0.3, -0.25) is 9.98 Å². The molecule has 0 radical (unpaired) electrons. The molecule has 4 nitrogen and oxygen atoms in total. The number of allylic oxidation sites excluding steroid dienone is 1. The highest BCUT2D eigenvalue weighted by molar-refractivity contribution is 6.60. The second-order valence-electron chi connectivity index (χ2n) is 6.61. The summed E-state index contributed by atoms with van der Waals surface area (Å²) in [6.07, 6.45) is 8.54. The van der Waals surface area contributed by atoms with E-state index in [1.54, 1.807) is 6.20 Å². The van der Waals surface area contributed by atoms with Crippen molar-refractivity contribution in [2.24, 2.45) is 4.99 Å². The molecular formula is C16H21BN2O2. The maximum atomic E-state index is 6.05. The Labute approximate surface area is 126 Å². The first-order chi connectivity index (χ1) is 9.89. The van der Waals surface area contributed by atoms with Crippen LogP contribution in [0.4, 0.5) is 0 Å². The molecule has 0 bridgehead atoms. The van der Waals surface area contributed by atoms with Crippen molar-refractivity contribution in [1.29, 1.82) is 0 Å². The third kappa shape index (κ3) is 2.68. The van der Waals surface area contributed by atoms with Gasteiger partial charge in [0.05, 0.1) is 17.2 Å². The zero-order valence-electron chi connectivity index (χ0n) is 13.0. The monoisotopic (exact) mass is 284 g/mol. The van der Waals surface area contributed by atoms with E-state index in [0.29, 0.717) is 0 Å². The van der Waals surface area contributed by atoms with E-state index in [4.69, 9.17) is 9.31 Å². The highest BCUT2D eigenvalue weighted by Gasteiger charge is 2.52. The minimum absolute atomic E-state index is 0.143. The molecule has 0 aromatic carbocycles. The Hall–Kier alpha value is -1.46. The lowest BCUT2D eigenvalue weighted by Gasteiger charge is -2.32. The third-order valence-electron chi connectivity index (χ3n) is 4.57. The van der Waals surface area contributed by atoms with Gasteiger partial charge in [-0.15, -0.1) is 0 Å². The zero-order valence-corrected chi connectivity index (χ0v) is 13.0. The lowest BCUT2D eigenvalue weighted by atomic mass is 9.76. The van der Waals surface area contributed by atoms with Crippen LogP contribution in [0.25, 0.3) is 0 Å². The van der Waals surface area contributed by atoms with Crippen LogP contribution in [0.1, 0.15) is 45.7 Å². The minimum atomic E-state index is -0.325. The molecule has 0 amide bonds. The highest BCUT2D eigenvalue weighted by Crippen LogP contribution is 2.39. The Morgan fingerprint density at radius 1 is 1.19 bits per heavy atom. The Kier molecular flexibility index (Phi) is 3.50. The first kappa shape index (κ1) is 14.5. The molecule has 1 aromatic heterocycles. The summed E-state index contributed by atoms with van der Waals surface area (Å²) in [5.74, 6) is 0. The van der Waals surface area contributed by atoms with Gasteiger partial charge in [0, 0.05) is 18.6 Å². The quantitative estimate of drug-likeness (QED) is 0.783. The molecule has 3 rings (SSSR count). The smallest absolute Gasteiger partial charge is 0.399 e. The van der Waals surface area contributed by atoms with Crippen molar-refractivity contribution < 1.29 is 9.31 Å². The Balaban J connectivity index is 1.71. The van der Waals surface area contributed by atoms with Crippen LogP contribution in [0.3, 0.4) is 0 Å². The molecule has 0 spiro atoms. The van der Waals surface area contributed by atoms with Crippen LogP contribution in [0.5, 0.6) is 0 Å². The third-order valence-corrected chi connectivity index (χ3v) is 4.57. The van der Waals surface area contributed by atoms with E-state index in [1.165, 1.54) is 0 Å². The largest absolute Gasteiger partial charge is 0.496 e. The molecule has 3 heterocycles. The van der Waals surface area contributed by atoms with E-state index in [0.717, 1.165) is 17.5 Å². The molecule has 1 atom stereocenters. The molecular weight excluding hydrogens is 263 g/mol. The van der Waals surface area contributed by atoms with Gasteiger partial charge in [0.2, 0.25) is 0 Å². The predicted molar refractivity (Wildman–Crippen MR) is 84.3 cm³/mol. The van der Waals surface area contributed by atoms with Crippen molar-refractivity contribution in [2.75, 3.05) is 0 Å². The van der Waals surface area contributed by atoms with Gasteiger partial charge in [-0.2, -0.15) is 0 Å². The number of aromatic nitrogens is 1. The van der Waals surface area contributed by atoms with Gasteiger partial charge < -0.3 is 9.31 Å². The van der Waals surface area contributed by atoms with Gasteiger partial charge in [0.25, 0.3) is 0 Å². The predicted octanol–water partition coefficient (Wildman–Crippen LogP) is 3.16. The van der Waals surface area contributed by atoms with Crippen molar-refractivity contribution in [3.8, 4) is 0 Å². The van der Waals surface area contributed by atoms with Gasteiger partial charge in [0.15, 0.2) is 0 Å². The molecule has 0 aliphatic carbocycles. The zero-order chi connectivity index (χ0) is 15.1. The van der Waals surface area contributed by atoms with Crippen LogP contribution in [0.15, 0.2) is 41.1 Å². The van der Waals surface area contributed by atoms with Gasteiger partial charge in [-0.25, -0.2) is 0 Å². The number of hydrogen-bond donors (Lipinski definition) is 0. The molecule has 0 saturated carbocycles. The van der Waals surface area contributed by atoms with Crippen LogP contribution >= 0.6 is 0 Å². The fraction of sp³-hybridized carbons (Fsp3) is 0.500. The van der Waals surface area contributed by atoms with Crippen LogP contribution in [0.2, 0.25) is 0 Å². The van der Waals surface area contributed by atoms with E-state index in [1.807, 2.05) is 18.5 Å². The Bertz CT molecular complexity index is 565. The molecule has 2 aliphatic heterocycles. The summed E-state index contributed by atoms with van der Waals surface area (Å²) in [7, 11) is -0.325. The normalized spacial score (nSPS) is 26.8. The summed E-state index contributed by atoms with van der Waals surface area (Å²) in [5, 5.41) is 0. The molecule has 1 saturated heterocycles. The van der Waals surface area contributed by atoms with Crippen LogP contribution in [0, 0.1) is 0 Å². The van der Waals surface area contributed by atoms with Gasteiger partial charge >= 0.3 is 7.12 Å². The molecule has 110 valence electrons. The van der Waals surface area contributed by atoms with E-state index in [-0.39, 0.29) is 24.4 Å². The number of dihydropyridines is 1. The summed E-state index contributed by atoms with van der Waals surface area (Å²) in [6, 6.07) is 4.14. The topological polar surface area (TPSA) is 43.7 Å². The van der Waals surface area contributed by atoms with Crippen molar-refractivity contribution in [3.63, 3.8) is 0 Å². The maximum absolute atomic E-state index is 6.05. The number of aliphatic imine (C=N–C) groups is 1. The van der Waals surface area contributed by atoms with Crippen molar-refractivity contribution in [1.82, 2.24) is 4.98 Å².